The van der Waals surface area contributed by atoms with Crippen LogP contribution in [0.5, 0.6) is 5.75 Å². The maximum atomic E-state index is 13.2. The van der Waals surface area contributed by atoms with Gasteiger partial charge in [0, 0.05) is 22.7 Å². The zero-order valence-electron chi connectivity index (χ0n) is 19.5. The number of piperidine rings is 1. The molecule has 29 heavy (non-hydrogen) atoms. The van der Waals surface area contributed by atoms with Crippen LogP contribution in [-0.2, 0) is 15.4 Å². The summed E-state index contributed by atoms with van der Waals surface area (Å²) in [5.41, 5.74) is 0.457. The molecule has 0 aromatic heterocycles. The fourth-order valence-electron chi connectivity index (χ4n) is 4.41. The van der Waals surface area contributed by atoms with Crippen molar-refractivity contribution in [2.75, 3.05) is 6.61 Å². The monoisotopic (exact) mass is 424 g/mol. The van der Waals surface area contributed by atoms with Crippen LogP contribution in [0.4, 0.5) is 0 Å². The van der Waals surface area contributed by atoms with Gasteiger partial charge in [0.15, 0.2) is 0 Å². The minimum Gasteiger partial charge on any atom is -0.493 e. The molecule has 0 radical (unpaired) electrons. The zero-order valence-corrected chi connectivity index (χ0v) is 20.3. The van der Waals surface area contributed by atoms with Crippen molar-refractivity contribution >= 4 is 10.0 Å². The predicted octanol–water partition coefficient (Wildman–Crippen LogP) is 4.75. The number of hydrogen-bond donors (Lipinski definition) is 2. The van der Waals surface area contributed by atoms with Crippen LogP contribution in [0.15, 0.2) is 23.1 Å². The molecule has 166 valence electrons. The topological polar surface area (TPSA) is 67.4 Å². The Labute approximate surface area is 178 Å². The van der Waals surface area contributed by atoms with Crippen molar-refractivity contribution < 1.29 is 13.2 Å². The number of ether oxygens (including phenoxy) is 1. The molecule has 1 heterocycles. The second-order valence-corrected chi connectivity index (χ2v) is 12.4. The molecule has 0 aliphatic carbocycles. The van der Waals surface area contributed by atoms with Gasteiger partial charge in [0.2, 0.25) is 10.0 Å². The molecule has 1 fully saturated rings. The maximum absolute atomic E-state index is 13.2. The van der Waals surface area contributed by atoms with Gasteiger partial charge in [-0.2, -0.15) is 0 Å². The fraction of sp³-hybridized carbons (Fsp3) is 0.739. The van der Waals surface area contributed by atoms with Gasteiger partial charge in [-0.1, -0.05) is 34.1 Å². The summed E-state index contributed by atoms with van der Waals surface area (Å²) in [6.07, 6.45) is 3.54. The number of hydrogen-bond acceptors (Lipinski definition) is 4. The van der Waals surface area contributed by atoms with E-state index in [0.717, 1.165) is 37.0 Å². The molecule has 0 amide bonds. The molecular formula is C23H40N2O3S. The third-order valence-corrected chi connectivity index (χ3v) is 6.85. The first-order valence-electron chi connectivity index (χ1n) is 10.7. The van der Waals surface area contributed by atoms with E-state index in [2.05, 4.69) is 65.4 Å². The van der Waals surface area contributed by atoms with Crippen molar-refractivity contribution in [3.05, 3.63) is 23.8 Å². The molecule has 2 rings (SSSR count). The van der Waals surface area contributed by atoms with E-state index < -0.39 is 10.0 Å². The molecule has 2 N–H and O–H groups in total. The molecular weight excluding hydrogens is 384 g/mol. The highest BCUT2D eigenvalue weighted by atomic mass is 32.2. The largest absolute Gasteiger partial charge is 0.493 e. The van der Waals surface area contributed by atoms with E-state index in [-0.39, 0.29) is 22.5 Å². The van der Waals surface area contributed by atoms with E-state index in [1.54, 1.807) is 18.2 Å². The molecule has 0 atom stereocenters. The average molecular weight is 425 g/mol. The van der Waals surface area contributed by atoms with E-state index in [9.17, 15) is 8.42 Å². The summed E-state index contributed by atoms with van der Waals surface area (Å²) in [6, 6.07) is 5.14. The molecule has 1 aromatic carbocycles. The molecule has 1 aliphatic heterocycles. The molecule has 5 nitrogen and oxygen atoms in total. The first-order chi connectivity index (χ1) is 13.2. The van der Waals surface area contributed by atoms with Crippen molar-refractivity contribution in [3.8, 4) is 5.75 Å². The Hall–Kier alpha value is -1.11. The van der Waals surface area contributed by atoms with Crippen molar-refractivity contribution in [1.82, 2.24) is 10.0 Å². The molecule has 1 saturated heterocycles. The molecule has 6 heteroatoms. The number of nitrogens with one attached hydrogen (secondary N) is 2. The molecule has 0 unspecified atom stereocenters. The third kappa shape index (κ3) is 6.69. The van der Waals surface area contributed by atoms with Gasteiger partial charge in [-0.05, 0) is 70.6 Å². The van der Waals surface area contributed by atoms with Gasteiger partial charge >= 0.3 is 0 Å². The van der Waals surface area contributed by atoms with Crippen LogP contribution in [0, 0.1) is 0 Å². The second kappa shape index (κ2) is 8.56. The van der Waals surface area contributed by atoms with E-state index >= 15 is 0 Å². The number of rotatable bonds is 7. The van der Waals surface area contributed by atoms with E-state index in [4.69, 9.17) is 4.74 Å². The van der Waals surface area contributed by atoms with E-state index in [0.29, 0.717) is 11.5 Å². The molecule has 0 bridgehead atoms. The quantitative estimate of drug-likeness (QED) is 0.620. The predicted molar refractivity (Wildman–Crippen MR) is 120 cm³/mol. The van der Waals surface area contributed by atoms with Gasteiger partial charge < -0.3 is 10.1 Å². The minimum absolute atomic E-state index is 0.107. The number of unbranched alkanes of at least 4 members (excludes halogenated alkanes) is 1. The minimum atomic E-state index is -3.62. The Bertz CT molecular complexity index is 792. The summed E-state index contributed by atoms with van der Waals surface area (Å²) in [7, 11) is -3.62. The first kappa shape index (κ1) is 24.2. The first-order valence-corrected chi connectivity index (χ1v) is 12.2. The van der Waals surface area contributed by atoms with Crippen LogP contribution in [0.2, 0.25) is 0 Å². The van der Waals surface area contributed by atoms with Crippen molar-refractivity contribution in [2.24, 2.45) is 0 Å². The summed E-state index contributed by atoms with van der Waals surface area (Å²) in [6.45, 7) is 17.5. The Morgan fingerprint density at radius 2 is 1.72 bits per heavy atom. The van der Waals surface area contributed by atoms with E-state index in [1.807, 2.05) is 0 Å². The Morgan fingerprint density at radius 3 is 2.24 bits per heavy atom. The van der Waals surface area contributed by atoms with Crippen LogP contribution < -0.4 is 14.8 Å². The zero-order chi connectivity index (χ0) is 22.1. The molecule has 0 spiro atoms. The molecule has 1 aliphatic rings. The number of sulfonamides is 1. The lowest BCUT2D eigenvalue weighted by molar-refractivity contribution is 0.157. The SMILES string of the molecule is CCCCOc1ccc(S(=O)(=O)NC2CC(C)(C)NC(C)(C)C2)cc1C(C)(C)C. The van der Waals surface area contributed by atoms with Gasteiger partial charge in [0.05, 0.1) is 11.5 Å². The Morgan fingerprint density at radius 1 is 1.14 bits per heavy atom. The standard InChI is InChI=1S/C23H40N2O3S/c1-9-10-13-28-20-12-11-18(14-19(20)21(2,3)4)29(26,27)24-17-15-22(5,6)25-23(7,8)16-17/h11-12,14,17,24-25H,9-10,13,15-16H2,1-8H3. The van der Waals surface area contributed by atoms with E-state index in [1.165, 1.54) is 0 Å². The average Bonchev–Trinajstić information content (AvgIpc) is 2.50. The van der Waals surface area contributed by atoms with Gasteiger partial charge in [-0.3, -0.25) is 0 Å². The van der Waals surface area contributed by atoms with Crippen molar-refractivity contribution in [1.29, 1.82) is 0 Å². The smallest absolute Gasteiger partial charge is 0.240 e. The summed E-state index contributed by atoms with van der Waals surface area (Å²) < 4.78 is 35.3. The van der Waals surface area contributed by atoms with Gasteiger partial charge in [-0.15, -0.1) is 0 Å². The lowest BCUT2D eigenvalue weighted by Gasteiger charge is -2.46. The molecule has 1 aromatic rings. The summed E-state index contributed by atoms with van der Waals surface area (Å²) in [4.78, 5) is 0.305. The Balaban J connectivity index is 2.30. The maximum Gasteiger partial charge on any atom is 0.240 e. The highest BCUT2D eigenvalue weighted by Gasteiger charge is 2.39. The van der Waals surface area contributed by atoms with Crippen molar-refractivity contribution in [3.63, 3.8) is 0 Å². The molecule has 0 saturated carbocycles. The lowest BCUT2D eigenvalue weighted by Crippen LogP contribution is -2.62. The summed E-state index contributed by atoms with van der Waals surface area (Å²) >= 11 is 0. The van der Waals surface area contributed by atoms with Gasteiger partial charge in [0.1, 0.15) is 5.75 Å². The van der Waals surface area contributed by atoms with Crippen molar-refractivity contribution in [2.45, 2.75) is 109 Å². The lowest BCUT2D eigenvalue weighted by atomic mass is 9.80. The van der Waals surface area contributed by atoms with Crippen LogP contribution in [0.1, 0.15) is 86.6 Å². The normalized spacial score (nSPS) is 19.9. The Kier molecular flexibility index (Phi) is 7.13. The van der Waals surface area contributed by atoms with Crippen LogP contribution in [-0.4, -0.2) is 32.1 Å². The fourth-order valence-corrected chi connectivity index (χ4v) is 5.67. The summed E-state index contributed by atoms with van der Waals surface area (Å²) in [5, 5.41) is 3.60. The third-order valence-electron chi connectivity index (χ3n) is 5.34. The highest BCUT2D eigenvalue weighted by molar-refractivity contribution is 7.89. The summed E-state index contributed by atoms with van der Waals surface area (Å²) in [5.74, 6) is 0.772. The second-order valence-electron chi connectivity index (χ2n) is 10.7. The van der Waals surface area contributed by atoms with Gasteiger partial charge in [0.25, 0.3) is 0 Å². The van der Waals surface area contributed by atoms with Crippen LogP contribution >= 0.6 is 0 Å². The number of benzene rings is 1. The van der Waals surface area contributed by atoms with Gasteiger partial charge in [-0.25, -0.2) is 13.1 Å². The van der Waals surface area contributed by atoms with Crippen LogP contribution in [0.3, 0.4) is 0 Å². The van der Waals surface area contributed by atoms with Crippen LogP contribution in [0.25, 0.3) is 0 Å². The highest BCUT2D eigenvalue weighted by Crippen LogP contribution is 2.34.